The summed E-state index contributed by atoms with van der Waals surface area (Å²) in [5, 5.41) is 0. The first kappa shape index (κ1) is 9.95. The van der Waals surface area contributed by atoms with Crippen LogP contribution in [0.3, 0.4) is 0 Å². The Labute approximate surface area is 69.8 Å². The molecule has 54 valence electrons. The van der Waals surface area contributed by atoms with E-state index in [1.165, 1.54) is 11.2 Å². The van der Waals surface area contributed by atoms with Gasteiger partial charge in [0.1, 0.15) is 0 Å². The van der Waals surface area contributed by atoms with Crippen molar-refractivity contribution in [2.75, 3.05) is 6.61 Å². The predicted molar refractivity (Wildman–Crippen MR) is 44.1 cm³/mol. The molecule has 9 heavy (non-hydrogen) atoms. The van der Waals surface area contributed by atoms with Crippen molar-refractivity contribution in [2.24, 2.45) is 0 Å². The summed E-state index contributed by atoms with van der Waals surface area (Å²) in [6.45, 7) is 2.48. The van der Waals surface area contributed by atoms with Crippen LogP contribution in [0.5, 0.6) is 0 Å². The normalized spacial score (nSPS) is 12.4. The Balaban J connectivity index is 3.45. The molecule has 0 bridgehead atoms. The third-order valence-electron chi connectivity index (χ3n) is 0.520. The van der Waals surface area contributed by atoms with Gasteiger partial charge in [0.05, 0.1) is 0 Å². The van der Waals surface area contributed by atoms with Gasteiger partial charge in [-0.15, -0.1) is 0 Å². The predicted octanol–water partition coefficient (Wildman–Crippen LogP) is 2.73. The van der Waals surface area contributed by atoms with Gasteiger partial charge in [-0.1, -0.05) is 0 Å². The molecule has 0 aromatic heterocycles. The molecular formula is C4H7Cl3GeO. The van der Waals surface area contributed by atoms with Crippen LogP contribution in [0, 0.1) is 0 Å². The van der Waals surface area contributed by atoms with Crippen molar-refractivity contribution in [1.29, 1.82) is 0 Å². The fourth-order valence-electron chi connectivity index (χ4n) is 0.221. The van der Waals surface area contributed by atoms with E-state index < -0.39 is 10.5 Å². The third kappa shape index (κ3) is 8.95. The van der Waals surface area contributed by atoms with Crippen LogP contribution in [0.2, 0.25) is 0 Å². The Bertz CT molecular complexity index is 98.5. The van der Waals surface area contributed by atoms with Crippen molar-refractivity contribution in [3.05, 3.63) is 11.2 Å². The van der Waals surface area contributed by atoms with Gasteiger partial charge in [0, 0.05) is 0 Å². The molecule has 1 nitrogen and oxygen atoms in total. The number of halogens is 3. The zero-order chi connectivity index (χ0) is 7.33. The summed E-state index contributed by atoms with van der Waals surface area (Å²) in [5.41, 5.74) is 0. The van der Waals surface area contributed by atoms with Crippen LogP contribution in [0.25, 0.3) is 0 Å². The Morgan fingerprint density at radius 1 is 1.44 bits per heavy atom. The molecule has 0 rings (SSSR count). The van der Waals surface area contributed by atoms with Crippen molar-refractivity contribution in [3.8, 4) is 0 Å². The monoisotopic (exact) mass is 250 g/mol. The summed E-state index contributed by atoms with van der Waals surface area (Å²) in [6.07, 6.45) is 1.45. The third-order valence-corrected chi connectivity index (χ3v) is 3.56. The van der Waals surface area contributed by atoms with Crippen molar-refractivity contribution in [3.63, 3.8) is 0 Å². The fourth-order valence-corrected chi connectivity index (χ4v) is 1.55. The van der Waals surface area contributed by atoms with E-state index in [9.17, 15) is 0 Å². The number of ether oxygens (including phenoxy) is 1. The Kier molecular flexibility index (Phi) is 5.22. The maximum atomic E-state index is 5.52. The van der Waals surface area contributed by atoms with Gasteiger partial charge in [-0.2, -0.15) is 0 Å². The van der Waals surface area contributed by atoms with Gasteiger partial charge in [-0.25, -0.2) is 0 Å². The molecule has 5 heteroatoms. The summed E-state index contributed by atoms with van der Waals surface area (Å²) in [4.78, 5) is 1.54. The van der Waals surface area contributed by atoms with Crippen LogP contribution >= 0.6 is 30.0 Å². The van der Waals surface area contributed by atoms with E-state index >= 15 is 0 Å². The first-order valence-corrected chi connectivity index (χ1v) is 11.9. The topological polar surface area (TPSA) is 9.23 Å². The van der Waals surface area contributed by atoms with Crippen LogP contribution in [0.1, 0.15) is 6.92 Å². The van der Waals surface area contributed by atoms with E-state index in [4.69, 9.17) is 34.8 Å². The van der Waals surface area contributed by atoms with Gasteiger partial charge in [0.25, 0.3) is 0 Å². The van der Waals surface area contributed by atoms with Crippen LogP contribution in [-0.2, 0) is 4.74 Å². The van der Waals surface area contributed by atoms with E-state index in [0.717, 1.165) is 0 Å². The molecule has 0 aliphatic rings. The van der Waals surface area contributed by atoms with E-state index in [2.05, 4.69) is 0 Å². The summed E-state index contributed by atoms with van der Waals surface area (Å²) in [5.74, 6) is 0. The molecule has 0 aliphatic heterocycles. The molecule has 0 N–H and O–H groups in total. The zero-order valence-corrected chi connectivity index (χ0v) is 9.27. The average Bonchev–Trinajstić information content (AvgIpc) is 1.63. The molecule has 0 aromatic rings. The second-order valence-electron chi connectivity index (χ2n) is 1.30. The quantitative estimate of drug-likeness (QED) is 0.552. The Hall–Kier alpha value is 0.953. The van der Waals surface area contributed by atoms with Crippen LogP contribution in [-0.4, -0.2) is 17.1 Å². The minimum absolute atomic E-state index is 0.611. The zero-order valence-electron chi connectivity index (χ0n) is 4.90. The second-order valence-corrected chi connectivity index (χ2v) is 16.6. The van der Waals surface area contributed by atoms with Crippen molar-refractivity contribution >= 4 is 40.5 Å². The van der Waals surface area contributed by atoms with E-state index in [1.807, 2.05) is 6.92 Å². The van der Waals surface area contributed by atoms with E-state index in [0.29, 0.717) is 6.61 Å². The molecule has 0 fully saturated rings. The molecule has 0 aromatic carbocycles. The first-order valence-electron chi connectivity index (χ1n) is 2.42. The van der Waals surface area contributed by atoms with E-state index in [-0.39, 0.29) is 0 Å². The summed E-state index contributed by atoms with van der Waals surface area (Å²) in [7, 11) is 13.5. The number of rotatable bonds is 3. The standard InChI is InChI=1S/C4H7Cl3GeO/c1-2-9-4-3-8(5,6)7/h3-4H,2H2,1H3/b4-3+. The van der Waals surface area contributed by atoms with Gasteiger partial charge in [-0.3, -0.25) is 0 Å². The van der Waals surface area contributed by atoms with Gasteiger partial charge < -0.3 is 0 Å². The molecule has 0 radical (unpaired) electrons. The Morgan fingerprint density at radius 3 is 2.33 bits per heavy atom. The molecule has 0 atom stereocenters. The number of hydrogen-bond donors (Lipinski definition) is 0. The second kappa shape index (κ2) is 4.72. The molecule has 0 aliphatic carbocycles. The fraction of sp³-hybridized carbons (Fsp3) is 0.500. The summed E-state index contributed by atoms with van der Waals surface area (Å²) < 4.78 is 4.82. The van der Waals surface area contributed by atoms with Gasteiger partial charge in [-0.05, 0) is 0 Å². The van der Waals surface area contributed by atoms with Crippen LogP contribution < -0.4 is 0 Å². The van der Waals surface area contributed by atoms with Crippen LogP contribution in [0.4, 0.5) is 0 Å². The van der Waals surface area contributed by atoms with Crippen LogP contribution in [0.15, 0.2) is 11.2 Å². The van der Waals surface area contributed by atoms with Crippen molar-refractivity contribution in [2.45, 2.75) is 6.92 Å². The van der Waals surface area contributed by atoms with Crippen molar-refractivity contribution < 1.29 is 4.74 Å². The summed E-state index contributed by atoms with van der Waals surface area (Å²) >= 11 is 0. The van der Waals surface area contributed by atoms with Gasteiger partial charge >= 0.3 is 69.9 Å². The SMILES string of the molecule is CCO/C=[CH]/[Ge]([Cl])([Cl])[Cl]. The molecule has 0 saturated carbocycles. The van der Waals surface area contributed by atoms with Gasteiger partial charge in [0.15, 0.2) is 0 Å². The minimum atomic E-state index is -3.02. The first-order chi connectivity index (χ1) is 4.06. The Morgan fingerprint density at radius 2 is 2.00 bits per heavy atom. The van der Waals surface area contributed by atoms with Crippen molar-refractivity contribution in [1.82, 2.24) is 0 Å². The average molecular weight is 250 g/mol. The molecule has 0 unspecified atom stereocenters. The molecule has 0 spiro atoms. The molecule has 0 saturated heterocycles. The molecule has 0 amide bonds. The summed E-state index contributed by atoms with van der Waals surface area (Å²) in [6, 6.07) is 0. The molecular weight excluding hydrogens is 243 g/mol. The van der Waals surface area contributed by atoms with E-state index in [1.54, 1.807) is 0 Å². The molecule has 0 heterocycles. The number of hydrogen-bond acceptors (Lipinski definition) is 1. The van der Waals surface area contributed by atoms with Gasteiger partial charge in [0.2, 0.25) is 0 Å². The maximum absolute atomic E-state index is 5.52.